The van der Waals surface area contributed by atoms with E-state index >= 15 is 0 Å². The molecule has 0 spiro atoms. The monoisotopic (exact) mass is 446 g/mol. The summed E-state index contributed by atoms with van der Waals surface area (Å²) in [5, 5.41) is 9.59. The van der Waals surface area contributed by atoms with Crippen molar-refractivity contribution in [3.8, 4) is 0 Å². The number of fused-ring (bicyclic) bond motifs is 7. The van der Waals surface area contributed by atoms with Gasteiger partial charge in [0.25, 0.3) is 0 Å². The molecule has 0 heteroatoms. The third kappa shape index (κ3) is 6.06. The van der Waals surface area contributed by atoms with E-state index in [1.807, 2.05) is 0 Å². The van der Waals surface area contributed by atoms with E-state index in [9.17, 15) is 0 Å². The number of benzene rings is 2. The van der Waals surface area contributed by atoms with Gasteiger partial charge in [-0.25, -0.2) is 0 Å². The molecular formula is C33H50. The summed E-state index contributed by atoms with van der Waals surface area (Å²) in [6.07, 6.45) is 31.6. The fourth-order valence-electron chi connectivity index (χ4n) is 6.30. The maximum absolute atomic E-state index is 3.48. The Balaban J connectivity index is 0.950. The molecule has 0 amide bonds. The Morgan fingerprint density at radius 1 is 0.364 bits per heavy atom. The topological polar surface area (TPSA) is 0 Å². The van der Waals surface area contributed by atoms with Crippen LogP contribution in [0.15, 0.2) is 0 Å². The quantitative estimate of drug-likeness (QED) is 0.105. The molecule has 33 heavy (non-hydrogen) atoms. The number of hydrogen-bond acceptors (Lipinski definition) is 0. The molecular weight excluding hydrogens is 396 g/mol. The smallest absolute Gasteiger partial charge is 0.0414 e. The lowest BCUT2D eigenvalue weighted by molar-refractivity contribution is 0.525. The molecule has 0 atom stereocenters. The summed E-state index contributed by atoms with van der Waals surface area (Å²) in [7, 11) is 0. The van der Waals surface area contributed by atoms with Crippen LogP contribution >= 0.6 is 0 Å². The van der Waals surface area contributed by atoms with Gasteiger partial charge in [0.1, 0.15) is 0 Å². The molecule has 1 aliphatic rings. The molecule has 3 aromatic rings. The average Bonchev–Trinajstić information content (AvgIpc) is 3.52. The Morgan fingerprint density at radius 2 is 0.697 bits per heavy atom. The molecule has 1 aliphatic carbocycles. The number of aryl methyl sites for hydroxylation is 2. The summed E-state index contributed by atoms with van der Waals surface area (Å²) >= 11 is 0. The van der Waals surface area contributed by atoms with E-state index in [1.54, 1.807) is 32.7 Å². The van der Waals surface area contributed by atoms with Gasteiger partial charge < -0.3 is 0 Å². The van der Waals surface area contributed by atoms with E-state index in [-0.39, 0.29) is 0 Å². The van der Waals surface area contributed by atoms with Crippen LogP contribution in [0, 0.1) is 0 Å². The molecule has 0 heterocycles. The van der Waals surface area contributed by atoms with Gasteiger partial charge in [0.2, 0.25) is 0 Å². The first-order valence-electron chi connectivity index (χ1n) is 15.1. The lowest BCUT2D eigenvalue weighted by Gasteiger charge is -2.28. The van der Waals surface area contributed by atoms with Crippen LogP contribution in [0.25, 0.3) is 27.3 Å². The van der Waals surface area contributed by atoms with Gasteiger partial charge >= 0.3 is 0 Å². The van der Waals surface area contributed by atoms with Gasteiger partial charge in [0.15, 0.2) is 0 Å². The summed E-state index contributed by atoms with van der Waals surface area (Å²) in [6.45, 7) is 4.63. The van der Waals surface area contributed by atoms with Crippen molar-refractivity contribution >= 4 is 27.3 Å². The second kappa shape index (κ2) is 13.0. The zero-order valence-corrected chi connectivity index (χ0v) is 22.1. The highest BCUT2D eigenvalue weighted by Crippen LogP contribution is 2.46. The molecule has 0 nitrogen and oxygen atoms in total. The van der Waals surface area contributed by atoms with Gasteiger partial charge in [0, 0.05) is 21.2 Å². The fourth-order valence-corrected chi connectivity index (χ4v) is 6.30. The van der Waals surface area contributed by atoms with Gasteiger partial charge in [-0.1, -0.05) is 129 Å². The summed E-state index contributed by atoms with van der Waals surface area (Å²) in [6, 6.07) is 0. The Morgan fingerprint density at radius 3 is 1.09 bits per heavy atom. The molecule has 0 saturated heterocycles. The first kappa shape index (κ1) is 24.9. The van der Waals surface area contributed by atoms with Crippen molar-refractivity contribution in [3.05, 3.63) is 21.6 Å². The van der Waals surface area contributed by atoms with E-state index in [1.165, 1.54) is 152 Å². The minimum atomic E-state index is 1.32. The second-order valence-electron chi connectivity index (χ2n) is 11.2. The van der Waals surface area contributed by atoms with E-state index in [4.69, 9.17) is 0 Å². The Hall–Kier alpha value is -1.26. The molecule has 0 bridgehead atoms. The van der Waals surface area contributed by atoms with Gasteiger partial charge in [-0.2, -0.15) is 0 Å². The summed E-state index contributed by atoms with van der Waals surface area (Å²) in [5.74, 6) is 0. The molecule has 0 aliphatic heterocycles. The third-order valence-corrected chi connectivity index (χ3v) is 8.47. The number of rotatable bonds is 22. The van der Waals surface area contributed by atoms with E-state index in [2.05, 4.69) is 19.6 Å². The molecule has 4 rings (SSSR count). The van der Waals surface area contributed by atoms with Crippen molar-refractivity contribution in [2.75, 3.05) is 0 Å². The van der Waals surface area contributed by atoms with Gasteiger partial charge in [-0.15, -0.1) is 5.73 Å². The molecule has 0 aromatic heterocycles. The van der Waals surface area contributed by atoms with Crippen LogP contribution in [-0.4, -0.2) is 0 Å². The van der Waals surface area contributed by atoms with Gasteiger partial charge in [-0.3, -0.25) is 0 Å². The lowest BCUT2D eigenvalue weighted by atomic mass is 9.74. The average molecular weight is 447 g/mol. The molecule has 182 valence electrons. The van der Waals surface area contributed by atoms with Crippen LogP contribution in [0.1, 0.15) is 153 Å². The first-order chi connectivity index (χ1) is 16.4. The molecule has 0 N–H and O–H groups in total. The minimum absolute atomic E-state index is 1.32. The van der Waals surface area contributed by atoms with E-state index in [0.717, 1.165) is 0 Å². The van der Waals surface area contributed by atoms with Crippen molar-refractivity contribution in [2.45, 2.75) is 155 Å². The van der Waals surface area contributed by atoms with Crippen LogP contribution in [0.3, 0.4) is 0 Å². The van der Waals surface area contributed by atoms with Crippen molar-refractivity contribution in [3.63, 3.8) is 0 Å². The first-order valence-corrected chi connectivity index (χ1v) is 15.1. The minimum Gasteiger partial charge on any atom is -0.101 e. The van der Waals surface area contributed by atoms with Crippen LogP contribution in [-0.2, 0) is 12.8 Å². The molecule has 0 fully saturated rings. The van der Waals surface area contributed by atoms with Crippen molar-refractivity contribution in [2.24, 2.45) is 0 Å². The van der Waals surface area contributed by atoms with E-state index in [0.29, 0.717) is 0 Å². The standard InChI is InChI=1S/C33H50/c1-3-5-7-8-9-10-11-12-13-14-15-16-17-18-19-20-21-22-24-27-26(23-6-4-2)30-31(27)33-29-25-28(29)32(30)33/h3-24H2,1-2H3. The Kier molecular flexibility index (Phi) is 9.79. The third-order valence-electron chi connectivity index (χ3n) is 8.47. The number of unbranched alkanes of at least 4 members (excludes halogenated alkanes) is 18. The maximum atomic E-state index is 3.48. The summed E-state index contributed by atoms with van der Waals surface area (Å²) in [4.78, 5) is 0. The summed E-state index contributed by atoms with van der Waals surface area (Å²) in [5.41, 5.74) is 6.99. The molecule has 0 unspecified atom stereocenters. The zero-order valence-electron chi connectivity index (χ0n) is 22.1. The van der Waals surface area contributed by atoms with Gasteiger partial charge in [0.05, 0.1) is 0 Å². The highest BCUT2D eigenvalue weighted by molar-refractivity contribution is 6.35. The normalized spacial score (nSPS) is 12.8. The van der Waals surface area contributed by atoms with Crippen molar-refractivity contribution in [1.29, 1.82) is 0 Å². The highest BCUT2D eigenvalue weighted by atomic mass is 14.3. The van der Waals surface area contributed by atoms with Crippen LogP contribution in [0.2, 0.25) is 0 Å². The predicted octanol–water partition coefficient (Wildman–Crippen LogP) is 9.30. The SMILES string of the molecule is CCCCCCCCCCCCCCCCCCCCc1c(CCCC)c2c1c1c3c(c21)=C=3. The molecule has 3 aromatic carbocycles. The van der Waals surface area contributed by atoms with Crippen LogP contribution < -0.4 is 10.4 Å². The van der Waals surface area contributed by atoms with Crippen molar-refractivity contribution in [1.82, 2.24) is 0 Å². The number of hydrogen-bond donors (Lipinski definition) is 0. The van der Waals surface area contributed by atoms with Crippen LogP contribution in [0.5, 0.6) is 0 Å². The maximum Gasteiger partial charge on any atom is 0.0414 e. The fraction of sp³-hybridized carbons (Fsp3) is 0.727. The van der Waals surface area contributed by atoms with Gasteiger partial charge in [-0.05, 0) is 47.6 Å². The second-order valence-corrected chi connectivity index (χ2v) is 11.2. The Labute approximate surface area is 203 Å². The zero-order chi connectivity index (χ0) is 22.9. The molecule has 0 radical (unpaired) electrons. The summed E-state index contributed by atoms with van der Waals surface area (Å²) < 4.78 is 0. The Bertz CT molecular complexity index is 1030. The lowest BCUT2D eigenvalue weighted by Crippen LogP contribution is -2.25. The largest absolute Gasteiger partial charge is 0.101 e. The van der Waals surface area contributed by atoms with Crippen LogP contribution in [0.4, 0.5) is 0 Å². The van der Waals surface area contributed by atoms with Crippen molar-refractivity contribution < 1.29 is 0 Å². The highest BCUT2D eigenvalue weighted by Gasteiger charge is 2.31. The van der Waals surface area contributed by atoms with E-state index < -0.39 is 0 Å². The predicted molar refractivity (Wildman–Crippen MR) is 148 cm³/mol. The molecule has 0 saturated carbocycles.